The van der Waals surface area contributed by atoms with Crippen molar-refractivity contribution in [2.24, 2.45) is 0 Å². The van der Waals surface area contributed by atoms with Crippen molar-refractivity contribution in [2.75, 3.05) is 26.9 Å². The zero-order chi connectivity index (χ0) is 18.6. The molecule has 1 atom stereocenters. The van der Waals surface area contributed by atoms with Crippen LogP contribution in [0.4, 0.5) is 0 Å². The molecule has 0 saturated carbocycles. The number of carbonyl (C=O) groups is 1. The zero-order valence-electron chi connectivity index (χ0n) is 15.0. The smallest absolute Gasteiger partial charge is 0.251 e. The monoisotopic (exact) mass is 360 g/mol. The summed E-state index contributed by atoms with van der Waals surface area (Å²) in [5, 5.41) is 2.92. The summed E-state index contributed by atoms with van der Waals surface area (Å²) in [5.74, 6) is -0.272. The summed E-state index contributed by atoms with van der Waals surface area (Å²) in [6.45, 7) is 2.22. The van der Waals surface area contributed by atoms with Gasteiger partial charge in [0, 0.05) is 18.4 Å². The molecule has 0 aliphatic carbocycles. The highest BCUT2D eigenvalue weighted by Gasteiger charge is 2.18. The average Bonchev–Trinajstić information content (AvgIpc) is 2.54. The van der Waals surface area contributed by atoms with Crippen molar-refractivity contribution in [2.45, 2.75) is 17.9 Å². The first-order valence-corrected chi connectivity index (χ1v) is 9.89. The minimum atomic E-state index is -3.35. The molecular weight excluding hydrogens is 336 g/mol. The fourth-order valence-electron chi connectivity index (χ4n) is 2.63. The second kappa shape index (κ2) is 7.80. The Hall–Kier alpha value is -2.18. The van der Waals surface area contributed by atoms with Crippen LogP contribution >= 0.6 is 0 Å². The van der Waals surface area contributed by atoms with Gasteiger partial charge in [0.25, 0.3) is 5.91 Å². The standard InChI is InChI=1S/C19H24N2O3S/c1-14-10-11-16(25(4,23)24)12-17(14)19(22)20-13-18(21(2)3)15-8-6-5-7-9-15/h5-12,18H,13H2,1-4H3,(H,20,22)/t18-/m1/s1. The van der Waals surface area contributed by atoms with Crippen molar-refractivity contribution in [1.29, 1.82) is 0 Å². The molecule has 5 nitrogen and oxygen atoms in total. The topological polar surface area (TPSA) is 66.5 Å². The van der Waals surface area contributed by atoms with E-state index in [9.17, 15) is 13.2 Å². The van der Waals surface area contributed by atoms with Crippen LogP contribution in [0.15, 0.2) is 53.4 Å². The second-order valence-corrected chi connectivity index (χ2v) is 8.36. The van der Waals surface area contributed by atoms with Crippen molar-refractivity contribution in [3.63, 3.8) is 0 Å². The summed E-state index contributed by atoms with van der Waals surface area (Å²) >= 11 is 0. The molecule has 0 fully saturated rings. The second-order valence-electron chi connectivity index (χ2n) is 6.35. The average molecular weight is 360 g/mol. The minimum absolute atomic E-state index is 0.0311. The lowest BCUT2D eigenvalue weighted by molar-refractivity contribution is 0.0941. The van der Waals surface area contributed by atoms with Crippen molar-refractivity contribution in [3.05, 3.63) is 65.2 Å². The van der Waals surface area contributed by atoms with Crippen LogP contribution in [0.25, 0.3) is 0 Å². The van der Waals surface area contributed by atoms with Crippen LogP contribution in [0.2, 0.25) is 0 Å². The van der Waals surface area contributed by atoms with Crippen LogP contribution in [0.1, 0.15) is 27.5 Å². The minimum Gasteiger partial charge on any atom is -0.350 e. The number of rotatable bonds is 6. The van der Waals surface area contributed by atoms with Gasteiger partial charge in [-0.1, -0.05) is 36.4 Å². The van der Waals surface area contributed by atoms with Gasteiger partial charge >= 0.3 is 0 Å². The van der Waals surface area contributed by atoms with E-state index >= 15 is 0 Å². The van der Waals surface area contributed by atoms with E-state index in [-0.39, 0.29) is 16.8 Å². The van der Waals surface area contributed by atoms with Gasteiger partial charge < -0.3 is 10.2 Å². The largest absolute Gasteiger partial charge is 0.350 e. The molecule has 0 spiro atoms. The van der Waals surface area contributed by atoms with E-state index in [0.29, 0.717) is 12.1 Å². The van der Waals surface area contributed by atoms with Gasteiger partial charge in [-0.05, 0) is 44.3 Å². The summed E-state index contributed by atoms with van der Waals surface area (Å²) in [6.07, 6.45) is 1.14. The van der Waals surface area contributed by atoms with Crippen LogP contribution < -0.4 is 5.32 Å². The number of benzene rings is 2. The zero-order valence-corrected chi connectivity index (χ0v) is 15.8. The lowest BCUT2D eigenvalue weighted by atomic mass is 10.1. The molecular formula is C19H24N2O3S. The molecule has 134 valence electrons. The quantitative estimate of drug-likeness (QED) is 0.859. The van der Waals surface area contributed by atoms with Gasteiger partial charge in [0.1, 0.15) is 0 Å². The summed E-state index contributed by atoms with van der Waals surface area (Å²) in [5.41, 5.74) is 2.23. The Balaban J connectivity index is 2.19. The van der Waals surface area contributed by atoms with Crippen LogP contribution in [0.3, 0.4) is 0 Å². The molecule has 1 N–H and O–H groups in total. The maximum atomic E-state index is 12.6. The number of nitrogens with zero attached hydrogens (tertiary/aromatic N) is 1. The number of aryl methyl sites for hydroxylation is 1. The van der Waals surface area contributed by atoms with Crippen molar-refractivity contribution in [3.8, 4) is 0 Å². The third-order valence-corrected chi connectivity index (χ3v) is 5.26. The van der Waals surface area contributed by atoms with Gasteiger partial charge in [0.05, 0.1) is 10.9 Å². The maximum Gasteiger partial charge on any atom is 0.251 e. The molecule has 0 heterocycles. The summed E-state index contributed by atoms with van der Waals surface area (Å²) in [4.78, 5) is 14.8. The summed E-state index contributed by atoms with van der Waals surface area (Å²) < 4.78 is 23.4. The van der Waals surface area contributed by atoms with Crippen LogP contribution in [0, 0.1) is 6.92 Å². The van der Waals surface area contributed by atoms with E-state index < -0.39 is 9.84 Å². The highest BCUT2D eigenvalue weighted by atomic mass is 32.2. The molecule has 0 unspecified atom stereocenters. The van der Waals surface area contributed by atoms with E-state index in [1.165, 1.54) is 12.1 Å². The first-order chi connectivity index (χ1) is 11.7. The molecule has 6 heteroatoms. The predicted octanol–water partition coefficient (Wildman–Crippen LogP) is 2.43. The molecule has 0 aliphatic heterocycles. The SMILES string of the molecule is Cc1ccc(S(C)(=O)=O)cc1C(=O)NC[C@H](c1ccccc1)N(C)C. The van der Waals surface area contributed by atoms with E-state index in [1.54, 1.807) is 13.0 Å². The lowest BCUT2D eigenvalue weighted by Gasteiger charge is -2.25. The lowest BCUT2D eigenvalue weighted by Crippen LogP contribution is -2.34. The number of amides is 1. The van der Waals surface area contributed by atoms with E-state index in [4.69, 9.17) is 0 Å². The number of nitrogens with one attached hydrogen (secondary N) is 1. The van der Waals surface area contributed by atoms with Gasteiger partial charge in [0.2, 0.25) is 0 Å². The predicted molar refractivity (Wildman–Crippen MR) is 99.5 cm³/mol. The van der Waals surface area contributed by atoms with Crippen LogP contribution in [-0.2, 0) is 9.84 Å². The van der Waals surface area contributed by atoms with Crippen LogP contribution in [0.5, 0.6) is 0 Å². The normalized spacial score (nSPS) is 12.8. The number of carbonyl (C=O) groups excluding carboxylic acids is 1. The van der Waals surface area contributed by atoms with Crippen molar-refractivity contribution < 1.29 is 13.2 Å². The third kappa shape index (κ3) is 4.90. The Kier molecular flexibility index (Phi) is 5.98. The fourth-order valence-corrected chi connectivity index (χ4v) is 3.28. The molecule has 25 heavy (non-hydrogen) atoms. The molecule has 2 rings (SSSR count). The fraction of sp³-hybridized carbons (Fsp3) is 0.316. The molecule has 0 aliphatic rings. The number of hydrogen-bond acceptors (Lipinski definition) is 4. The summed E-state index contributed by atoms with van der Waals surface area (Å²) in [6, 6.07) is 14.6. The Bertz CT molecular complexity index is 846. The van der Waals surface area contributed by atoms with Gasteiger partial charge in [-0.2, -0.15) is 0 Å². The Morgan fingerprint density at radius 3 is 2.32 bits per heavy atom. The molecule has 0 aromatic heterocycles. The Labute approximate surface area is 149 Å². The maximum absolute atomic E-state index is 12.6. The van der Waals surface area contributed by atoms with Gasteiger partial charge in [-0.15, -0.1) is 0 Å². The first-order valence-electron chi connectivity index (χ1n) is 8.00. The number of sulfone groups is 1. The highest BCUT2D eigenvalue weighted by Crippen LogP contribution is 2.18. The third-order valence-electron chi connectivity index (χ3n) is 4.15. The van der Waals surface area contributed by atoms with E-state index in [1.807, 2.05) is 49.3 Å². The molecule has 1 amide bonds. The van der Waals surface area contributed by atoms with Crippen molar-refractivity contribution in [1.82, 2.24) is 10.2 Å². The number of hydrogen-bond donors (Lipinski definition) is 1. The summed E-state index contributed by atoms with van der Waals surface area (Å²) in [7, 11) is 0.564. The molecule has 2 aromatic rings. The molecule has 2 aromatic carbocycles. The van der Waals surface area contributed by atoms with E-state index in [2.05, 4.69) is 5.32 Å². The van der Waals surface area contributed by atoms with E-state index in [0.717, 1.165) is 17.4 Å². The Morgan fingerprint density at radius 1 is 1.12 bits per heavy atom. The number of likely N-dealkylation sites (N-methyl/N-ethyl adjacent to an activating group) is 1. The van der Waals surface area contributed by atoms with Crippen molar-refractivity contribution >= 4 is 15.7 Å². The molecule has 0 radical (unpaired) electrons. The van der Waals surface area contributed by atoms with Crippen LogP contribution in [-0.4, -0.2) is 46.1 Å². The van der Waals surface area contributed by atoms with Gasteiger partial charge in [0.15, 0.2) is 9.84 Å². The first kappa shape index (κ1) is 19.1. The molecule has 0 bridgehead atoms. The van der Waals surface area contributed by atoms with Gasteiger partial charge in [-0.25, -0.2) is 8.42 Å². The Morgan fingerprint density at radius 2 is 1.76 bits per heavy atom. The highest BCUT2D eigenvalue weighted by molar-refractivity contribution is 7.90. The van der Waals surface area contributed by atoms with Gasteiger partial charge in [-0.3, -0.25) is 4.79 Å². The molecule has 0 saturated heterocycles.